The molecular weight excluding hydrogens is 94.0 g/mol. The second-order valence-corrected chi connectivity index (χ2v) is 1.07. The van der Waals surface area contributed by atoms with Gasteiger partial charge in [-0.05, 0) is 6.08 Å². The molecule has 3 nitrogen and oxygen atoms in total. The molecule has 7 heavy (non-hydrogen) atoms. The second kappa shape index (κ2) is 2.60. The molecule has 0 unspecified atom stereocenters. The standard InChI is InChI=1S/C4H6NO2/c1-2-6-4-5-7-3-1/h1,5H,3-4H2. The maximum absolute atomic E-state index is 4.70. The van der Waals surface area contributed by atoms with Gasteiger partial charge >= 0.3 is 0 Å². The number of ether oxygens (including phenoxy) is 1. The van der Waals surface area contributed by atoms with Crippen molar-refractivity contribution in [2.45, 2.75) is 0 Å². The lowest BCUT2D eigenvalue weighted by atomic mass is 10.7. The monoisotopic (exact) mass is 100 g/mol. The highest BCUT2D eigenvalue weighted by Gasteiger charge is 1.86. The van der Waals surface area contributed by atoms with Crippen LogP contribution in [0.2, 0.25) is 0 Å². The van der Waals surface area contributed by atoms with Crippen LogP contribution in [0.1, 0.15) is 0 Å². The first-order chi connectivity index (χ1) is 3.50. The Labute approximate surface area is 41.9 Å². The lowest BCUT2D eigenvalue weighted by Gasteiger charge is -1.95. The molecule has 0 atom stereocenters. The Bertz CT molecular complexity index is 64.1. The summed E-state index contributed by atoms with van der Waals surface area (Å²) in [4.78, 5) is 4.70. The molecule has 0 aromatic heterocycles. The minimum absolute atomic E-state index is 0.385. The minimum atomic E-state index is 0.385. The molecule has 39 valence electrons. The molecule has 0 aromatic carbocycles. The molecule has 0 spiro atoms. The van der Waals surface area contributed by atoms with Crippen molar-refractivity contribution in [3.63, 3.8) is 0 Å². The molecule has 1 rings (SSSR count). The van der Waals surface area contributed by atoms with Gasteiger partial charge in [0.15, 0.2) is 13.0 Å². The highest BCUT2D eigenvalue weighted by atomic mass is 16.7. The molecule has 1 aliphatic rings. The van der Waals surface area contributed by atoms with E-state index in [-0.39, 0.29) is 0 Å². The fourth-order valence-electron chi connectivity index (χ4n) is 0.306. The van der Waals surface area contributed by atoms with Crippen LogP contribution in [0, 0.1) is 6.26 Å². The van der Waals surface area contributed by atoms with Crippen LogP contribution in [0.25, 0.3) is 0 Å². The summed E-state index contributed by atoms with van der Waals surface area (Å²) >= 11 is 0. The normalized spacial score (nSPS) is 20.6. The van der Waals surface area contributed by atoms with E-state index in [1.54, 1.807) is 6.08 Å². The Kier molecular flexibility index (Phi) is 1.72. The number of rotatable bonds is 0. The fourth-order valence-corrected chi connectivity index (χ4v) is 0.306. The zero-order chi connectivity index (χ0) is 4.95. The number of hydrogen-bond acceptors (Lipinski definition) is 3. The van der Waals surface area contributed by atoms with Crippen LogP contribution in [0.5, 0.6) is 0 Å². The quantitative estimate of drug-likeness (QED) is 0.457. The van der Waals surface area contributed by atoms with Crippen molar-refractivity contribution < 1.29 is 9.57 Å². The topological polar surface area (TPSA) is 30.5 Å². The molecular formula is C4H6NO2. The Balaban J connectivity index is 2.20. The van der Waals surface area contributed by atoms with E-state index >= 15 is 0 Å². The van der Waals surface area contributed by atoms with E-state index in [4.69, 9.17) is 4.84 Å². The average molecular weight is 100 g/mol. The molecule has 0 aromatic rings. The lowest BCUT2D eigenvalue weighted by molar-refractivity contribution is 0.0154. The number of nitrogens with one attached hydrogen (secondary N) is 1. The molecule has 1 aliphatic heterocycles. The predicted molar refractivity (Wildman–Crippen MR) is 22.9 cm³/mol. The molecule has 1 heterocycles. The Morgan fingerprint density at radius 1 is 1.71 bits per heavy atom. The minimum Gasteiger partial charge on any atom is -0.473 e. The van der Waals surface area contributed by atoms with Crippen molar-refractivity contribution in [1.82, 2.24) is 5.48 Å². The lowest BCUT2D eigenvalue weighted by Crippen LogP contribution is -2.14. The van der Waals surface area contributed by atoms with Gasteiger partial charge in [-0.3, -0.25) is 4.84 Å². The summed E-state index contributed by atoms with van der Waals surface area (Å²) in [5, 5.41) is 0. The second-order valence-electron chi connectivity index (χ2n) is 1.07. The third-order valence-corrected chi connectivity index (χ3v) is 0.566. The summed E-state index contributed by atoms with van der Waals surface area (Å²) < 4.78 is 4.65. The Morgan fingerprint density at radius 2 is 2.71 bits per heavy atom. The van der Waals surface area contributed by atoms with Crippen LogP contribution in [0.15, 0.2) is 6.08 Å². The zero-order valence-corrected chi connectivity index (χ0v) is 3.81. The van der Waals surface area contributed by atoms with Gasteiger partial charge in [0.05, 0.1) is 6.61 Å². The third-order valence-electron chi connectivity index (χ3n) is 0.566. The van der Waals surface area contributed by atoms with Gasteiger partial charge in [0.1, 0.15) is 0 Å². The van der Waals surface area contributed by atoms with Crippen molar-refractivity contribution in [2.75, 3.05) is 13.3 Å². The van der Waals surface area contributed by atoms with Gasteiger partial charge in [-0.1, -0.05) is 0 Å². The van der Waals surface area contributed by atoms with E-state index in [0.29, 0.717) is 13.3 Å². The van der Waals surface area contributed by atoms with E-state index in [2.05, 4.69) is 16.5 Å². The highest BCUT2D eigenvalue weighted by Crippen LogP contribution is 1.79. The van der Waals surface area contributed by atoms with Gasteiger partial charge in [-0.2, -0.15) is 5.48 Å². The summed E-state index contributed by atoms with van der Waals surface area (Å²) in [6, 6.07) is 0. The van der Waals surface area contributed by atoms with Gasteiger partial charge in [0.25, 0.3) is 0 Å². The van der Waals surface area contributed by atoms with Crippen LogP contribution in [-0.2, 0) is 9.57 Å². The number of hydrogen-bond donors (Lipinski definition) is 1. The Morgan fingerprint density at radius 3 is 3.71 bits per heavy atom. The molecule has 3 heteroatoms. The Hall–Kier alpha value is -0.540. The van der Waals surface area contributed by atoms with Crippen molar-refractivity contribution in [3.8, 4) is 0 Å². The van der Waals surface area contributed by atoms with Crippen molar-refractivity contribution in [1.29, 1.82) is 0 Å². The van der Waals surface area contributed by atoms with Crippen LogP contribution < -0.4 is 5.48 Å². The van der Waals surface area contributed by atoms with Crippen LogP contribution >= 0.6 is 0 Å². The van der Waals surface area contributed by atoms with Gasteiger partial charge in [0, 0.05) is 0 Å². The maximum atomic E-state index is 4.70. The summed E-state index contributed by atoms with van der Waals surface area (Å²) in [7, 11) is 0. The van der Waals surface area contributed by atoms with Gasteiger partial charge in [-0.25, -0.2) is 0 Å². The first-order valence-electron chi connectivity index (χ1n) is 2.04. The molecule has 0 fully saturated rings. The third kappa shape index (κ3) is 1.57. The first-order valence-corrected chi connectivity index (χ1v) is 2.04. The molecule has 1 N–H and O–H groups in total. The van der Waals surface area contributed by atoms with Gasteiger partial charge in [-0.15, -0.1) is 0 Å². The molecule has 0 saturated carbocycles. The maximum Gasteiger partial charge on any atom is 0.161 e. The first kappa shape index (κ1) is 4.61. The molecule has 0 aliphatic carbocycles. The fraction of sp³-hybridized carbons (Fsp3) is 0.500. The van der Waals surface area contributed by atoms with Crippen LogP contribution in [0.4, 0.5) is 0 Å². The van der Waals surface area contributed by atoms with E-state index in [1.165, 1.54) is 0 Å². The van der Waals surface area contributed by atoms with E-state index in [0.717, 1.165) is 0 Å². The molecule has 1 radical (unpaired) electrons. The molecule has 0 saturated heterocycles. The predicted octanol–water partition coefficient (Wildman–Crippen LogP) is -0.188. The van der Waals surface area contributed by atoms with Crippen molar-refractivity contribution in [3.05, 3.63) is 12.3 Å². The van der Waals surface area contributed by atoms with E-state index in [9.17, 15) is 0 Å². The van der Waals surface area contributed by atoms with E-state index < -0.39 is 0 Å². The number of hydroxylamine groups is 1. The molecule has 0 amide bonds. The largest absolute Gasteiger partial charge is 0.473 e. The van der Waals surface area contributed by atoms with Crippen LogP contribution in [-0.4, -0.2) is 13.3 Å². The molecule has 0 bridgehead atoms. The smallest absolute Gasteiger partial charge is 0.161 e. The SMILES string of the molecule is [C]1=CCONCO1. The summed E-state index contributed by atoms with van der Waals surface area (Å²) in [6.07, 6.45) is 4.20. The van der Waals surface area contributed by atoms with Gasteiger partial charge < -0.3 is 4.74 Å². The van der Waals surface area contributed by atoms with Crippen molar-refractivity contribution >= 4 is 0 Å². The summed E-state index contributed by atoms with van der Waals surface area (Å²) in [6.45, 7) is 0.913. The van der Waals surface area contributed by atoms with Crippen molar-refractivity contribution in [2.24, 2.45) is 0 Å². The van der Waals surface area contributed by atoms with E-state index in [1.807, 2.05) is 0 Å². The van der Waals surface area contributed by atoms with Gasteiger partial charge in [0.2, 0.25) is 0 Å². The average Bonchev–Trinajstić information content (AvgIpc) is 1.90. The van der Waals surface area contributed by atoms with Crippen LogP contribution in [0.3, 0.4) is 0 Å². The highest BCUT2D eigenvalue weighted by molar-refractivity contribution is 4.65. The summed E-state index contributed by atoms with van der Waals surface area (Å²) in [5.41, 5.74) is 2.53. The summed E-state index contributed by atoms with van der Waals surface area (Å²) in [5.74, 6) is 0. The zero-order valence-electron chi connectivity index (χ0n) is 3.81.